The van der Waals surface area contributed by atoms with Gasteiger partial charge in [-0.25, -0.2) is 4.68 Å². The molecule has 0 fully saturated rings. The Morgan fingerprint density at radius 2 is 2.00 bits per heavy atom. The number of carbonyl (C=O) groups is 2. The van der Waals surface area contributed by atoms with Crippen molar-refractivity contribution in [3.8, 4) is 5.69 Å². The van der Waals surface area contributed by atoms with Gasteiger partial charge in [0.15, 0.2) is 0 Å². The van der Waals surface area contributed by atoms with Gasteiger partial charge in [0.2, 0.25) is 0 Å². The van der Waals surface area contributed by atoms with Crippen LogP contribution in [0.2, 0.25) is 5.15 Å². The topological polar surface area (TPSA) is 73.2 Å². The SMILES string of the molecule is COC(=O)CC(C)NC(=O)c1c(C)nn(-c2ccccc2)c1Cl. The normalized spacial score (nSPS) is 11.8. The number of para-hydroxylation sites is 1. The number of nitrogens with one attached hydrogen (secondary N) is 1. The van der Waals surface area contributed by atoms with E-state index in [0.717, 1.165) is 5.69 Å². The van der Waals surface area contributed by atoms with E-state index < -0.39 is 0 Å². The van der Waals surface area contributed by atoms with E-state index in [1.807, 2.05) is 30.3 Å². The lowest BCUT2D eigenvalue weighted by Crippen LogP contribution is -2.34. The van der Waals surface area contributed by atoms with E-state index in [1.54, 1.807) is 13.8 Å². The zero-order valence-corrected chi connectivity index (χ0v) is 13.9. The summed E-state index contributed by atoms with van der Waals surface area (Å²) in [6.45, 7) is 3.44. The zero-order valence-electron chi connectivity index (χ0n) is 13.2. The molecule has 1 aromatic carbocycles. The highest BCUT2D eigenvalue weighted by Gasteiger charge is 2.22. The summed E-state index contributed by atoms with van der Waals surface area (Å²) in [6.07, 6.45) is 0.0890. The molecule has 0 radical (unpaired) electrons. The fourth-order valence-corrected chi connectivity index (χ4v) is 2.54. The number of nitrogens with zero attached hydrogens (tertiary/aromatic N) is 2. The highest BCUT2D eigenvalue weighted by molar-refractivity contribution is 6.33. The molecule has 122 valence electrons. The van der Waals surface area contributed by atoms with Crippen LogP contribution in [-0.2, 0) is 9.53 Å². The Balaban J connectivity index is 2.22. The van der Waals surface area contributed by atoms with Crippen molar-refractivity contribution in [3.63, 3.8) is 0 Å². The van der Waals surface area contributed by atoms with Gasteiger partial charge in [0.25, 0.3) is 5.91 Å². The lowest BCUT2D eigenvalue weighted by Gasteiger charge is -2.12. The van der Waals surface area contributed by atoms with Gasteiger partial charge in [-0.3, -0.25) is 9.59 Å². The van der Waals surface area contributed by atoms with Gasteiger partial charge in [0.05, 0.1) is 30.5 Å². The molecule has 0 saturated heterocycles. The first-order valence-electron chi connectivity index (χ1n) is 7.12. The number of esters is 1. The Labute approximate surface area is 139 Å². The van der Waals surface area contributed by atoms with Gasteiger partial charge >= 0.3 is 5.97 Å². The number of rotatable bonds is 5. The van der Waals surface area contributed by atoms with Crippen LogP contribution >= 0.6 is 11.6 Å². The quantitative estimate of drug-likeness (QED) is 0.852. The molecule has 0 spiro atoms. The number of methoxy groups -OCH3 is 1. The number of amides is 1. The number of aryl methyl sites for hydroxylation is 1. The van der Waals surface area contributed by atoms with Crippen LogP contribution in [0.15, 0.2) is 30.3 Å². The lowest BCUT2D eigenvalue weighted by molar-refractivity contribution is -0.141. The van der Waals surface area contributed by atoms with Crippen molar-refractivity contribution in [1.82, 2.24) is 15.1 Å². The second kappa shape index (κ2) is 7.28. The highest BCUT2D eigenvalue weighted by atomic mass is 35.5. The Kier molecular flexibility index (Phi) is 5.39. The maximum absolute atomic E-state index is 12.4. The maximum atomic E-state index is 12.4. The summed E-state index contributed by atoms with van der Waals surface area (Å²) in [4.78, 5) is 23.7. The van der Waals surface area contributed by atoms with Gasteiger partial charge in [-0.15, -0.1) is 0 Å². The molecule has 1 atom stereocenters. The summed E-state index contributed by atoms with van der Waals surface area (Å²) in [5, 5.41) is 7.28. The minimum absolute atomic E-state index is 0.0890. The van der Waals surface area contributed by atoms with Crippen LogP contribution in [0.25, 0.3) is 5.69 Å². The fourth-order valence-electron chi connectivity index (χ4n) is 2.18. The summed E-state index contributed by atoms with van der Waals surface area (Å²) >= 11 is 6.32. The minimum Gasteiger partial charge on any atom is -0.469 e. The van der Waals surface area contributed by atoms with E-state index in [0.29, 0.717) is 11.3 Å². The van der Waals surface area contributed by atoms with Crippen molar-refractivity contribution in [2.75, 3.05) is 7.11 Å². The number of ether oxygens (including phenoxy) is 1. The molecule has 0 bridgehead atoms. The minimum atomic E-state index is -0.388. The van der Waals surface area contributed by atoms with Gasteiger partial charge < -0.3 is 10.1 Å². The molecule has 0 aliphatic heterocycles. The maximum Gasteiger partial charge on any atom is 0.307 e. The van der Waals surface area contributed by atoms with Gasteiger partial charge in [-0.1, -0.05) is 29.8 Å². The number of hydrogen-bond donors (Lipinski definition) is 1. The molecular weight excluding hydrogens is 318 g/mol. The molecule has 0 aliphatic rings. The average molecular weight is 336 g/mol. The second-order valence-corrected chi connectivity index (χ2v) is 5.51. The molecule has 7 heteroatoms. The van der Waals surface area contributed by atoms with E-state index in [9.17, 15) is 9.59 Å². The van der Waals surface area contributed by atoms with Crippen molar-refractivity contribution >= 4 is 23.5 Å². The molecule has 1 heterocycles. The lowest BCUT2D eigenvalue weighted by atomic mass is 10.2. The Bertz CT molecular complexity index is 713. The molecule has 2 rings (SSSR count). The van der Waals surface area contributed by atoms with E-state index in [2.05, 4.69) is 15.2 Å². The van der Waals surface area contributed by atoms with E-state index in [-0.39, 0.29) is 29.5 Å². The highest BCUT2D eigenvalue weighted by Crippen LogP contribution is 2.23. The third-order valence-corrected chi connectivity index (χ3v) is 3.66. The van der Waals surface area contributed by atoms with Crippen LogP contribution in [0.1, 0.15) is 29.4 Å². The summed E-state index contributed by atoms with van der Waals surface area (Å²) < 4.78 is 6.10. The predicted molar refractivity (Wildman–Crippen MR) is 86.9 cm³/mol. The number of halogens is 1. The molecule has 1 N–H and O–H groups in total. The van der Waals surface area contributed by atoms with Crippen LogP contribution < -0.4 is 5.32 Å². The van der Waals surface area contributed by atoms with Crippen LogP contribution in [0, 0.1) is 6.92 Å². The number of benzene rings is 1. The third-order valence-electron chi connectivity index (χ3n) is 3.31. The summed E-state index contributed by atoms with van der Waals surface area (Å²) in [6, 6.07) is 8.93. The second-order valence-electron chi connectivity index (χ2n) is 5.15. The Hall–Kier alpha value is -2.34. The van der Waals surface area contributed by atoms with E-state index in [1.165, 1.54) is 11.8 Å². The Morgan fingerprint density at radius 3 is 2.61 bits per heavy atom. The number of aromatic nitrogens is 2. The molecule has 2 aromatic rings. The molecule has 1 unspecified atom stereocenters. The van der Waals surface area contributed by atoms with Crippen LogP contribution in [0.4, 0.5) is 0 Å². The average Bonchev–Trinajstić information content (AvgIpc) is 2.82. The molecule has 1 amide bonds. The number of carbonyl (C=O) groups excluding carboxylic acids is 2. The summed E-state index contributed by atoms with van der Waals surface area (Å²) in [7, 11) is 1.31. The first-order valence-corrected chi connectivity index (χ1v) is 7.50. The Morgan fingerprint density at radius 1 is 1.35 bits per heavy atom. The smallest absolute Gasteiger partial charge is 0.307 e. The molecule has 6 nitrogen and oxygen atoms in total. The van der Waals surface area contributed by atoms with Crippen molar-refractivity contribution < 1.29 is 14.3 Å². The van der Waals surface area contributed by atoms with Gasteiger partial charge in [0, 0.05) is 6.04 Å². The zero-order chi connectivity index (χ0) is 17.0. The van der Waals surface area contributed by atoms with Crippen LogP contribution in [-0.4, -0.2) is 34.8 Å². The third kappa shape index (κ3) is 3.90. The number of hydrogen-bond acceptors (Lipinski definition) is 4. The first kappa shape index (κ1) is 17.0. The van der Waals surface area contributed by atoms with Crippen molar-refractivity contribution in [1.29, 1.82) is 0 Å². The molecular formula is C16H18ClN3O3. The summed E-state index contributed by atoms with van der Waals surface area (Å²) in [5.41, 5.74) is 1.58. The molecule has 23 heavy (non-hydrogen) atoms. The molecule has 0 saturated carbocycles. The first-order chi connectivity index (χ1) is 10.9. The van der Waals surface area contributed by atoms with Gasteiger partial charge in [-0.05, 0) is 26.0 Å². The molecule has 1 aromatic heterocycles. The van der Waals surface area contributed by atoms with Gasteiger partial charge in [-0.2, -0.15) is 5.10 Å². The van der Waals surface area contributed by atoms with Gasteiger partial charge in [0.1, 0.15) is 5.15 Å². The monoisotopic (exact) mass is 335 g/mol. The van der Waals surface area contributed by atoms with Crippen molar-refractivity contribution in [3.05, 3.63) is 46.7 Å². The predicted octanol–water partition coefficient (Wildman–Crippen LogP) is 2.52. The molecule has 0 aliphatic carbocycles. The summed E-state index contributed by atoms with van der Waals surface area (Å²) in [5.74, 6) is -0.758. The van der Waals surface area contributed by atoms with Crippen LogP contribution in [0.5, 0.6) is 0 Å². The van der Waals surface area contributed by atoms with E-state index >= 15 is 0 Å². The standard InChI is InChI=1S/C16H18ClN3O3/c1-10(9-13(21)23-3)18-16(22)14-11(2)19-20(15(14)17)12-7-5-4-6-8-12/h4-8,10H,9H2,1-3H3,(H,18,22). The largest absolute Gasteiger partial charge is 0.469 e. The fraction of sp³-hybridized carbons (Fsp3) is 0.312. The van der Waals surface area contributed by atoms with E-state index in [4.69, 9.17) is 11.6 Å². The van der Waals surface area contributed by atoms with Crippen molar-refractivity contribution in [2.45, 2.75) is 26.3 Å². The van der Waals surface area contributed by atoms with Crippen LogP contribution in [0.3, 0.4) is 0 Å². The van der Waals surface area contributed by atoms with Crippen molar-refractivity contribution in [2.24, 2.45) is 0 Å².